The zero-order valence-electron chi connectivity index (χ0n) is 13.6. The first-order valence-corrected chi connectivity index (χ1v) is 8.61. The van der Waals surface area contributed by atoms with Crippen molar-refractivity contribution in [2.24, 2.45) is 0 Å². The number of hydrogen-bond donors (Lipinski definition) is 0. The summed E-state index contributed by atoms with van der Waals surface area (Å²) in [5.41, 5.74) is 1.08. The molecule has 0 spiro atoms. The van der Waals surface area contributed by atoms with Crippen LogP contribution in [0.3, 0.4) is 0 Å². The van der Waals surface area contributed by atoms with Crippen LogP contribution in [0.15, 0.2) is 53.4 Å². The first kappa shape index (κ1) is 17.2. The number of hydrogen-bond acceptors (Lipinski definition) is 4. The number of ether oxygens (including phenoxy) is 1. The average molecular weight is 357 g/mol. The molecule has 2 aromatic rings. The van der Waals surface area contributed by atoms with Crippen molar-refractivity contribution in [3.05, 3.63) is 70.4 Å². The Kier molecular flexibility index (Phi) is 5.19. The van der Waals surface area contributed by atoms with Crippen LogP contribution in [0.1, 0.15) is 18.1 Å². The van der Waals surface area contributed by atoms with Gasteiger partial charge in [0.25, 0.3) is 11.1 Å². The zero-order chi connectivity index (χ0) is 17.8. The molecule has 1 aliphatic heterocycles. The normalized spacial score (nSPS) is 15.9. The van der Waals surface area contributed by atoms with Crippen molar-refractivity contribution in [1.82, 2.24) is 4.90 Å². The number of nitrogens with zero attached hydrogens (tertiary/aromatic N) is 1. The number of carbonyl (C=O) groups is 2. The molecule has 25 heavy (non-hydrogen) atoms. The summed E-state index contributed by atoms with van der Waals surface area (Å²) >= 11 is 0.856. The van der Waals surface area contributed by atoms with Gasteiger partial charge in [-0.1, -0.05) is 30.3 Å². The molecule has 3 rings (SSSR count). The number of imide groups is 1. The first-order chi connectivity index (χ1) is 12.1. The molecule has 0 saturated carbocycles. The fraction of sp³-hybridized carbons (Fsp3) is 0.158. The van der Waals surface area contributed by atoms with Crippen LogP contribution < -0.4 is 4.74 Å². The molecule has 6 heteroatoms. The van der Waals surface area contributed by atoms with Crippen LogP contribution in [0.25, 0.3) is 6.08 Å². The van der Waals surface area contributed by atoms with Crippen LogP contribution in [-0.2, 0) is 11.3 Å². The topological polar surface area (TPSA) is 46.6 Å². The fourth-order valence-electron chi connectivity index (χ4n) is 2.45. The number of amides is 2. The molecule has 0 radical (unpaired) electrons. The Hall–Kier alpha value is -2.60. The summed E-state index contributed by atoms with van der Waals surface area (Å²) in [4.78, 5) is 26.0. The monoisotopic (exact) mass is 357 g/mol. The second-order valence-electron chi connectivity index (χ2n) is 5.36. The van der Waals surface area contributed by atoms with Gasteiger partial charge in [-0.25, -0.2) is 4.39 Å². The van der Waals surface area contributed by atoms with Crippen molar-refractivity contribution in [3.63, 3.8) is 0 Å². The van der Waals surface area contributed by atoms with Gasteiger partial charge < -0.3 is 4.74 Å². The van der Waals surface area contributed by atoms with E-state index in [1.165, 1.54) is 6.07 Å². The molecule has 1 aliphatic rings. The molecular formula is C19H16FNO3S. The zero-order valence-corrected chi connectivity index (χ0v) is 14.4. The van der Waals surface area contributed by atoms with E-state index >= 15 is 0 Å². The predicted molar refractivity (Wildman–Crippen MR) is 95.5 cm³/mol. The van der Waals surface area contributed by atoms with E-state index in [-0.39, 0.29) is 6.54 Å². The molecule has 0 aliphatic carbocycles. The van der Waals surface area contributed by atoms with Gasteiger partial charge in [0, 0.05) is 5.56 Å². The predicted octanol–water partition coefficient (Wildman–Crippen LogP) is 4.46. The van der Waals surface area contributed by atoms with Crippen LogP contribution in [0.5, 0.6) is 5.75 Å². The number of halogens is 1. The summed E-state index contributed by atoms with van der Waals surface area (Å²) < 4.78 is 19.2. The number of rotatable bonds is 5. The van der Waals surface area contributed by atoms with Gasteiger partial charge in [-0.05, 0) is 48.5 Å². The Labute approximate surface area is 149 Å². The van der Waals surface area contributed by atoms with E-state index in [0.29, 0.717) is 22.8 Å². The third-order valence-electron chi connectivity index (χ3n) is 3.63. The van der Waals surface area contributed by atoms with Crippen LogP contribution in [0, 0.1) is 5.82 Å². The molecule has 2 aromatic carbocycles. The van der Waals surface area contributed by atoms with E-state index in [0.717, 1.165) is 22.2 Å². The standard InChI is InChI=1S/C19H16FNO3S/c1-2-24-15-8-5-6-13(10-15)11-17-18(22)21(19(23)25-17)12-14-7-3-4-9-16(14)20/h3-11H,2,12H2,1H3/b17-11-. The van der Waals surface area contributed by atoms with Gasteiger partial charge >= 0.3 is 0 Å². The Bertz CT molecular complexity index is 850. The van der Waals surface area contributed by atoms with Gasteiger partial charge in [0.2, 0.25) is 0 Å². The highest BCUT2D eigenvalue weighted by Gasteiger charge is 2.35. The fourth-order valence-corrected chi connectivity index (χ4v) is 3.28. The highest BCUT2D eigenvalue weighted by atomic mass is 32.2. The third kappa shape index (κ3) is 3.91. The smallest absolute Gasteiger partial charge is 0.293 e. The molecule has 1 saturated heterocycles. The second-order valence-corrected chi connectivity index (χ2v) is 6.36. The van der Waals surface area contributed by atoms with Gasteiger partial charge in [-0.2, -0.15) is 0 Å². The van der Waals surface area contributed by atoms with E-state index in [2.05, 4.69) is 0 Å². The molecule has 128 valence electrons. The number of benzene rings is 2. The summed E-state index contributed by atoms with van der Waals surface area (Å²) in [7, 11) is 0. The third-order valence-corrected chi connectivity index (χ3v) is 4.53. The average Bonchev–Trinajstić information content (AvgIpc) is 2.85. The quantitative estimate of drug-likeness (QED) is 0.741. The maximum atomic E-state index is 13.8. The van der Waals surface area contributed by atoms with E-state index < -0.39 is 17.0 Å². The van der Waals surface area contributed by atoms with Crippen molar-refractivity contribution in [1.29, 1.82) is 0 Å². The summed E-state index contributed by atoms with van der Waals surface area (Å²) in [5.74, 6) is -0.156. The molecule has 0 unspecified atom stereocenters. The molecule has 0 N–H and O–H groups in total. The minimum atomic E-state index is -0.435. The maximum absolute atomic E-state index is 13.8. The summed E-state index contributed by atoms with van der Waals surface area (Å²) in [6.07, 6.45) is 1.65. The minimum Gasteiger partial charge on any atom is -0.494 e. The van der Waals surface area contributed by atoms with E-state index in [1.807, 2.05) is 25.1 Å². The lowest BCUT2D eigenvalue weighted by molar-refractivity contribution is -0.123. The van der Waals surface area contributed by atoms with E-state index in [9.17, 15) is 14.0 Å². The van der Waals surface area contributed by atoms with Gasteiger partial charge in [-0.3, -0.25) is 14.5 Å². The lowest BCUT2D eigenvalue weighted by Crippen LogP contribution is -2.27. The molecule has 2 amide bonds. The van der Waals surface area contributed by atoms with Crippen molar-refractivity contribution in [2.45, 2.75) is 13.5 Å². The Balaban J connectivity index is 1.81. The molecular weight excluding hydrogens is 341 g/mol. The highest BCUT2D eigenvalue weighted by Crippen LogP contribution is 2.33. The summed E-state index contributed by atoms with van der Waals surface area (Å²) in [5, 5.41) is -0.402. The van der Waals surface area contributed by atoms with Crippen LogP contribution in [-0.4, -0.2) is 22.7 Å². The minimum absolute atomic E-state index is 0.0757. The Morgan fingerprint density at radius 3 is 2.72 bits per heavy atom. The van der Waals surface area contributed by atoms with Crippen molar-refractivity contribution in [2.75, 3.05) is 6.61 Å². The summed E-state index contributed by atoms with van der Waals surface area (Å²) in [6, 6.07) is 13.4. The molecule has 0 atom stereocenters. The molecule has 1 fully saturated rings. The van der Waals surface area contributed by atoms with Crippen molar-refractivity contribution in [3.8, 4) is 5.75 Å². The maximum Gasteiger partial charge on any atom is 0.293 e. The van der Waals surface area contributed by atoms with E-state index in [1.54, 1.807) is 30.3 Å². The van der Waals surface area contributed by atoms with Gasteiger partial charge in [-0.15, -0.1) is 0 Å². The lowest BCUT2D eigenvalue weighted by atomic mass is 10.2. The largest absolute Gasteiger partial charge is 0.494 e. The van der Waals surface area contributed by atoms with Crippen molar-refractivity contribution < 1.29 is 18.7 Å². The molecule has 1 heterocycles. The van der Waals surface area contributed by atoms with Gasteiger partial charge in [0.05, 0.1) is 18.1 Å². The van der Waals surface area contributed by atoms with Crippen LogP contribution in [0.2, 0.25) is 0 Å². The molecule has 0 aromatic heterocycles. The second kappa shape index (κ2) is 7.53. The van der Waals surface area contributed by atoms with Gasteiger partial charge in [0.1, 0.15) is 11.6 Å². The van der Waals surface area contributed by atoms with Crippen LogP contribution >= 0.6 is 11.8 Å². The Morgan fingerprint density at radius 1 is 1.16 bits per heavy atom. The van der Waals surface area contributed by atoms with Crippen LogP contribution in [0.4, 0.5) is 9.18 Å². The lowest BCUT2D eigenvalue weighted by Gasteiger charge is -2.12. The SMILES string of the molecule is CCOc1cccc(/C=C2\SC(=O)N(Cc3ccccc3F)C2=O)c1. The first-order valence-electron chi connectivity index (χ1n) is 7.80. The molecule has 4 nitrogen and oxygen atoms in total. The Morgan fingerprint density at radius 2 is 1.96 bits per heavy atom. The summed E-state index contributed by atoms with van der Waals surface area (Å²) in [6.45, 7) is 2.36. The van der Waals surface area contributed by atoms with E-state index in [4.69, 9.17) is 4.74 Å². The number of carbonyl (C=O) groups excluding carboxylic acids is 2. The highest BCUT2D eigenvalue weighted by molar-refractivity contribution is 8.18. The van der Waals surface area contributed by atoms with Crippen molar-refractivity contribution >= 4 is 29.0 Å². The van der Waals surface area contributed by atoms with Gasteiger partial charge in [0.15, 0.2) is 0 Å². The molecule has 0 bridgehead atoms. The number of thioether (sulfide) groups is 1.